The molecule has 168 valence electrons. The van der Waals surface area contributed by atoms with Crippen LogP contribution in [0.5, 0.6) is 0 Å². The van der Waals surface area contributed by atoms with Crippen LogP contribution in [-0.2, 0) is 23.1 Å². The van der Waals surface area contributed by atoms with E-state index in [1.807, 2.05) is 16.5 Å². The van der Waals surface area contributed by atoms with Gasteiger partial charge in [-0.2, -0.15) is 0 Å². The molecule has 2 fully saturated rings. The Labute approximate surface area is 190 Å². The van der Waals surface area contributed by atoms with E-state index in [1.165, 1.54) is 17.8 Å². The fraction of sp³-hybridized carbons (Fsp3) is 0.550. The van der Waals surface area contributed by atoms with Crippen molar-refractivity contribution in [3.8, 4) is 0 Å². The zero-order chi connectivity index (χ0) is 21.8. The van der Waals surface area contributed by atoms with E-state index in [1.54, 1.807) is 12.1 Å². The molecule has 0 unspecified atom stereocenters. The van der Waals surface area contributed by atoms with E-state index in [4.69, 9.17) is 16.3 Å². The van der Waals surface area contributed by atoms with Gasteiger partial charge in [0, 0.05) is 63.4 Å². The molecule has 2 aromatic rings. The van der Waals surface area contributed by atoms with Crippen LogP contribution in [0, 0.1) is 5.82 Å². The molecule has 0 spiro atoms. The Morgan fingerprint density at radius 2 is 1.90 bits per heavy atom. The van der Waals surface area contributed by atoms with Crippen molar-refractivity contribution in [1.29, 1.82) is 0 Å². The van der Waals surface area contributed by atoms with Gasteiger partial charge in [-0.15, -0.1) is 10.2 Å². The molecule has 0 aliphatic carbocycles. The molecule has 1 aromatic carbocycles. The Kier molecular flexibility index (Phi) is 7.31. The maximum atomic E-state index is 14.0. The predicted molar refractivity (Wildman–Crippen MR) is 118 cm³/mol. The first-order valence-corrected chi connectivity index (χ1v) is 11.7. The topological polar surface area (TPSA) is 66.7 Å². The highest BCUT2D eigenvalue weighted by Gasteiger charge is 2.24. The first-order chi connectivity index (χ1) is 15.0. The average Bonchev–Trinajstić information content (AvgIpc) is 3.16. The van der Waals surface area contributed by atoms with Crippen LogP contribution in [0.2, 0.25) is 5.02 Å². The summed E-state index contributed by atoms with van der Waals surface area (Å²) in [6.45, 7) is 6.00. The second-order valence-electron chi connectivity index (χ2n) is 7.59. The highest BCUT2D eigenvalue weighted by Crippen LogP contribution is 2.23. The lowest BCUT2D eigenvalue weighted by molar-refractivity contribution is -0.130. The molecule has 3 heterocycles. The van der Waals surface area contributed by atoms with Crippen LogP contribution < -0.4 is 4.90 Å². The third kappa shape index (κ3) is 5.31. The van der Waals surface area contributed by atoms with Crippen molar-refractivity contribution < 1.29 is 13.9 Å². The van der Waals surface area contributed by atoms with Gasteiger partial charge in [-0.05, 0) is 12.1 Å². The molecule has 0 atom stereocenters. The number of hydrogen-bond acceptors (Lipinski definition) is 7. The number of morpholine rings is 1. The molecule has 2 aliphatic rings. The predicted octanol–water partition coefficient (Wildman–Crippen LogP) is 1.88. The van der Waals surface area contributed by atoms with Crippen molar-refractivity contribution in [1.82, 2.24) is 24.6 Å². The summed E-state index contributed by atoms with van der Waals surface area (Å²) in [5, 5.41) is 9.70. The molecule has 2 saturated heterocycles. The number of rotatable bonds is 6. The van der Waals surface area contributed by atoms with E-state index in [9.17, 15) is 9.18 Å². The minimum Gasteiger partial charge on any atom is -0.378 e. The van der Waals surface area contributed by atoms with Crippen LogP contribution >= 0.6 is 23.4 Å². The van der Waals surface area contributed by atoms with Gasteiger partial charge in [-0.3, -0.25) is 14.3 Å². The van der Waals surface area contributed by atoms with Crippen LogP contribution in [0.15, 0.2) is 23.4 Å². The number of carbonyl (C=O) groups excluding carboxylic acids is 1. The summed E-state index contributed by atoms with van der Waals surface area (Å²) in [5.41, 5.74) is 0.512. The quantitative estimate of drug-likeness (QED) is 0.600. The molecule has 0 saturated carbocycles. The molecular formula is C20H26ClFN6O2S. The zero-order valence-electron chi connectivity index (χ0n) is 17.5. The number of ether oxygens (including phenoxy) is 1. The van der Waals surface area contributed by atoms with Crippen LogP contribution in [0.1, 0.15) is 5.56 Å². The number of benzene rings is 1. The van der Waals surface area contributed by atoms with E-state index >= 15 is 0 Å². The van der Waals surface area contributed by atoms with Crippen LogP contribution in [0.25, 0.3) is 0 Å². The monoisotopic (exact) mass is 468 g/mol. The second kappa shape index (κ2) is 10.2. The highest BCUT2D eigenvalue weighted by atomic mass is 35.5. The van der Waals surface area contributed by atoms with Gasteiger partial charge in [0.25, 0.3) is 0 Å². The van der Waals surface area contributed by atoms with Gasteiger partial charge >= 0.3 is 0 Å². The van der Waals surface area contributed by atoms with Crippen molar-refractivity contribution in [2.24, 2.45) is 7.05 Å². The van der Waals surface area contributed by atoms with E-state index in [2.05, 4.69) is 20.0 Å². The first-order valence-electron chi connectivity index (χ1n) is 10.3. The number of aromatic nitrogens is 3. The molecule has 4 rings (SSSR count). The number of anilines is 1. The lowest BCUT2D eigenvalue weighted by atomic mass is 10.2. The van der Waals surface area contributed by atoms with Gasteiger partial charge in [0.15, 0.2) is 5.16 Å². The molecule has 2 aliphatic heterocycles. The van der Waals surface area contributed by atoms with Crippen LogP contribution in [0.4, 0.5) is 10.3 Å². The summed E-state index contributed by atoms with van der Waals surface area (Å²) in [5.74, 6) is 0.902. The summed E-state index contributed by atoms with van der Waals surface area (Å²) in [6.07, 6.45) is 0. The Balaban J connectivity index is 1.26. The Hall–Kier alpha value is -1.88. The number of carbonyl (C=O) groups is 1. The largest absolute Gasteiger partial charge is 0.378 e. The van der Waals surface area contributed by atoms with E-state index in [0.29, 0.717) is 62.3 Å². The van der Waals surface area contributed by atoms with Gasteiger partial charge in [-0.1, -0.05) is 29.4 Å². The van der Waals surface area contributed by atoms with Crippen molar-refractivity contribution in [3.05, 3.63) is 34.6 Å². The molecule has 0 radical (unpaired) electrons. The van der Waals surface area contributed by atoms with Crippen molar-refractivity contribution in [2.45, 2.75) is 11.7 Å². The first kappa shape index (κ1) is 22.3. The Bertz CT molecular complexity index is 895. The van der Waals surface area contributed by atoms with Gasteiger partial charge < -0.3 is 14.5 Å². The molecular weight excluding hydrogens is 443 g/mol. The normalized spacial score (nSPS) is 17.9. The van der Waals surface area contributed by atoms with Crippen LogP contribution in [-0.4, -0.2) is 88.7 Å². The lowest BCUT2D eigenvalue weighted by Gasteiger charge is -2.34. The average molecular weight is 469 g/mol. The number of halogens is 2. The molecule has 11 heteroatoms. The van der Waals surface area contributed by atoms with Crippen LogP contribution in [0.3, 0.4) is 0 Å². The maximum Gasteiger partial charge on any atom is 0.233 e. The highest BCUT2D eigenvalue weighted by molar-refractivity contribution is 7.99. The van der Waals surface area contributed by atoms with E-state index < -0.39 is 0 Å². The van der Waals surface area contributed by atoms with Gasteiger partial charge in [0.1, 0.15) is 5.82 Å². The second-order valence-corrected chi connectivity index (χ2v) is 8.94. The standard InChI is InChI=1S/C20H26ClFN6O2S/c1-25-19(28-9-11-30-12-10-28)23-24-20(25)31-14-18(29)27-7-5-26(6-8-27)13-15-16(21)3-2-4-17(15)22/h2-4H,5-14H2,1H3. The van der Waals surface area contributed by atoms with Gasteiger partial charge in [0.05, 0.1) is 19.0 Å². The van der Waals surface area contributed by atoms with Gasteiger partial charge in [0.2, 0.25) is 11.9 Å². The molecule has 1 aromatic heterocycles. The summed E-state index contributed by atoms with van der Waals surface area (Å²) in [4.78, 5) is 18.8. The third-order valence-electron chi connectivity index (χ3n) is 5.60. The summed E-state index contributed by atoms with van der Waals surface area (Å²) in [7, 11) is 1.92. The SMILES string of the molecule is Cn1c(SCC(=O)N2CCN(Cc3c(F)cccc3Cl)CC2)nnc1N1CCOCC1. The minimum atomic E-state index is -0.289. The number of hydrogen-bond donors (Lipinski definition) is 0. The number of thioether (sulfide) groups is 1. The maximum absolute atomic E-state index is 14.0. The van der Waals surface area contributed by atoms with Crippen molar-refractivity contribution >= 4 is 35.2 Å². The third-order valence-corrected chi connectivity index (χ3v) is 6.96. The zero-order valence-corrected chi connectivity index (χ0v) is 19.0. The number of amides is 1. The molecule has 0 N–H and O–H groups in total. The fourth-order valence-corrected chi connectivity index (χ4v) is 4.78. The summed E-state index contributed by atoms with van der Waals surface area (Å²) in [6, 6.07) is 4.74. The van der Waals surface area contributed by atoms with Gasteiger partial charge in [-0.25, -0.2) is 4.39 Å². The summed E-state index contributed by atoms with van der Waals surface area (Å²) < 4.78 is 21.3. The Morgan fingerprint density at radius 1 is 1.16 bits per heavy atom. The fourth-order valence-electron chi connectivity index (χ4n) is 3.75. The minimum absolute atomic E-state index is 0.0736. The smallest absolute Gasteiger partial charge is 0.233 e. The molecule has 1 amide bonds. The number of nitrogens with zero attached hydrogens (tertiary/aromatic N) is 6. The van der Waals surface area contributed by atoms with E-state index in [0.717, 1.165) is 24.2 Å². The van der Waals surface area contributed by atoms with E-state index in [-0.39, 0.29) is 11.7 Å². The lowest BCUT2D eigenvalue weighted by Crippen LogP contribution is -2.48. The molecule has 8 nitrogen and oxygen atoms in total. The summed E-state index contributed by atoms with van der Waals surface area (Å²) >= 11 is 7.54. The van der Waals surface area contributed by atoms with Crippen molar-refractivity contribution in [2.75, 3.05) is 63.1 Å². The molecule has 0 bridgehead atoms. The number of piperazine rings is 1. The van der Waals surface area contributed by atoms with Crippen molar-refractivity contribution in [3.63, 3.8) is 0 Å². The molecule has 31 heavy (non-hydrogen) atoms. The Morgan fingerprint density at radius 3 is 2.61 bits per heavy atom.